The summed E-state index contributed by atoms with van der Waals surface area (Å²) >= 11 is 8.67. The summed E-state index contributed by atoms with van der Waals surface area (Å²) in [7, 11) is 0. The van der Waals surface area contributed by atoms with Crippen LogP contribution in [0.3, 0.4) is 0 Å². The maximum absolute atomic E-state index is 12.3. The standard InChI is InChI=1S/C23H17Br2NO4S/c1-12(30-23(29)26-16-6-2-13(3-7-16)22(27)28)31-21-19-10-14(24)4-8-17(19)18-9-5-15(25)11-20(18)21/h2-12,21H,1H3,(H,26,29)(H,27,28). The minimum atomic E-state index is -1.02. The van der Waals surface area contributed by atoms with E-state index in [0.29, 0.717) is 5.69 Å². The van der Waals surface area contributed by atoms with Gasteiger partial charge >= 0.3 is 12.1 Å². The van der Waals surface area contributed by atoms with Crippen molar-refractivity contribution in [2.45, 2.75) is 17.6 Å². The first kappa shape index (κ1) is 21.9. The number of ether oxygens (including phenoxy) is 1. The molecule has 3 aromatic rings. The molecule has 1 atom stereocenters. The second-order valence-corrected chi connectivity index (χ2v) is 10.2. The van der Waals surface area contributed by atoms with Crippen LogP contribution in [0.5, 0.6) is 0 Å². The van der Waals surface area contributed by atoms with E-state index in [1.165, 1.54) is 46.5 Å². The van der Waals surface area contributed by atoms with Crippen molar-refractivity contribution in [2.75, 3.05) is 5.32 Å². The monoisotopic (exact) mass is 561 g/mol. The maximum Gasteiger partial charge on any atom is 0.412 e. The predicted molar refractivity (Wildman–Crippen MR) is 130 cm³/mol. The minimum Gasteiger partial charge on any atom is -0.478 e. The number of thioether (sulfide) groups is 1. The van der Waals surface area contributed by atoms with Crippen LogP contribution < -0.4 is 5.32 Å². The molecule has 31 heavy (non-hydrogen) atoms. The van der Waals surface area contributed by atoms with Crippen molar-refractivity contribution in [1.29, 1.82) is 0 Å². The number of fused-ring (bicyclic) bond motifs is 3. The van der Waals surface area contributed by atoms with Gasteiger partial charge in [-0.25, -0.2) is 9.59 Å². The topological polar surface area (TPSA) is 75.6 Å². The van der Waals surface area contributed by atoms with Crippen molar-refractivity contribution in [3.8, 4) is 11.1 Å². The van der Waals surface area contributed by atoms with Crippen LogP contribution in [0.2, 0.25) is 0 Å². The highest BCUT2D eigenvalue weighted by Crippen LogP contribution is 2.52. The Balaban J connectivity index is 1.47. The molecular weight excluding hydrogens is 546 g/mol. The summed E-state index contributed by atoms with van der Waals surface area (Å²) < 4.78 is 7.56. The predicted octanol–water partition coefficient (Wildman–Crippen LogP) is 7.31. The normalized spacial score (nSPS) is 13.3. The maximum atomic E-state index is 12.3. The number of carbonyl (C=O) groups excluding carboxylic acids is 1. The van der Waals surface area contributed by atoms with E-state index in [9.17, 15) is 9.59 Å². The summed E-state index contributed by atoms with van der Waals surface area (Å²) in [4.78, 5) is 23.3. The zero-order valence-electron chi connectivity index (χ0n) is 16.3. The van der Waals surface area contributed by atoms with E-state index in [4.69, 9.17) is 9.84 Å². The molecule has 0 fully saturated rings. The van der Waals surface area contributed by atoms with Gasteiger partial charge in [-0.1, -0.05) is 44.0 Å². The molecule has 1 aliphatic carbocycles. The molecular formula is C23H17Br2NO4S. The molecule has 8 heteroatoms. The third-order valence-corrected chi connectivity index (χ3v) is 7.11. The lowest BCUT2D eigenvalue weighted by Crippen LogP contribution is -2.19. The van der Waals surface area contributed by atoms with Crippen molar-refractivity contribution in [3.05, 3.63) is 86.3 Å². The SMILES string of the molecule is CC(OC(=O)Nc1ccc(C(=O)O)cc1)SC1c2cc(Br)ccc2-c2ccc(Br)cc21. The third-order valence-electron chi connectivity index (χ3n) is 4.86. The van der Waals surface area contributed by atoms with E-state index in [0.717, 1.165) is 8.95 Å². The van der Waals surface area contributed by atoms with Crippen LogP contribution in [-0.2, 0) is 4.74 Å². The highest BCUT2D eigenvalue weighted by atomic mass is 79.9. The van der Waals surface area contributed by atoms with Crippen LogP contribution in [-0.4, -0.2) is 22.6 Å². The lowest BCUT2D eigenvalue weighted by molar-refractivity contribution is 0.0697. The molecule has 4 rings (SSSR count). The molecule has 1 aliphatic rings. The summed E-state index contributed by atoms with van der Waals surface area (Å²) in [6.45, 7) is 1.84. The molecule has 0 spiro atoms. The number of hydrogen-bond acceptors (Lipinski definition) is 4. The average Bonchev–Trinajstić information content (AvgIpc) is 3.00. The zero-order chi connectivity index (χ0) is 22.1. The summed E-state index contributed by atoms with van der Waals surface area (Å²) in [6, 6.07) is 18.4. The molecule has 1 unspecified atom stereocenters. The lowest BCUT2D eigenvalue weighted by atomic mass is 10.1. The second-order valence-electron chi connectivity index (χ2n) is 6.96. The molecule has 0 saturated heterocycles. The van der Waals surface area contributed by atoms with E-state index in [1.807, 2.05) is 19.1 Å². The van der Waals surface area contributed by atoms with Gasteiger partial charge in [0.1, 0.15) is 5.44 Å². The van der Waals surface area contributed by atoms with Gasteiger partial charge in [0.15, 0.2) is 0 Å². The number of rotatable bonds is 5. The first-order valence-electron chi connectivity index (χ1n) is 9.37. The van der Waals surface area contributed by atoms with Crippen LogP contribution in [0.15, 0.2) is 69.6 Å². The quantitative estimate of drug-likeness (QED) is 0.319. The molecule has 0 saturated carbocycles. The molecule has 2 N–H and O–H groups in total. The number of carboxylic acids is 1. The number of nitrogens with one attached hydrogen (secondary N) is 1. The molecule has 0 radical (unpaired) electrons. The van der Waals surface area contributed by atoms with Gasteiger partial charge in [-0.2, -0.15) is 0 Å². The number of hydrogen-bond donors (Lipinski definition) is 2. The largest absolute Gasteiger partial charge is 0.478 e. The van der Waals surface area contributed by atoms with Gasteiger partial charge in [0.2, 0.25) is 0 Å². The Morgan fingerprint density at radius 2 is 1.52 bits per heavy atom. The first-order valence-corrected chi connectivity index (χ1v) is 11.9. The van der Waals surface area contributed by atoms with Crippen molar-refractivity contribution >= 4 is 61.4 Å². The average molecular weight is 563 g/mol. The fourth-order valence-electron chi connectivity index (χ4n) is 3.52. The van der Waals surface area contributed by atoms with E-state index < -0.39 is 17.5 Å². The summed E-state index contributed by atoms with van der Waals surface area (Å²) in [5.74, 6) is -1.02. The number of aromatic carboxylic acids is 1. The molecule has 158 valence electrons. The van der Waals surface area contributed by atoms with Crippen LogP contribution in [0.1, 0.15) is 33.7 Å². The Morgan fingerprint density at radius 3 is 2.03 bits per heavy atom. The third kappa shape index (κ3) is 4.81. The Kier molecular flexibility index (Phi) is 6.41. The number of halogens is 2. The number of amides is 1. The highest BCUT2D eigenvalue weighted by Gasteiger charge is 2.31. The van der Waals surface area contributed by atoms with Crippen LogP contribution in [0.25, 0.3) is 11.1 Å². The Labute approximate surface area is 200 Å². The van der Waals surface area contributed by atoms with E-state index in [1.54, 1.807) is 11.8 Å². The molecule has 0 aromatic heterocycles. The van der Waals surface area contributed by atoms with E-state index >= 15 is 0 Å². The lowest BCUT2D eigenvalue weighted by Gasteiger charge is -2.19. The van der Waals surface area contributed by atoms with Crippen LogP contribution in [0.4, 0.5) is 10.5 Å². The van der Waals surface area contributed by atoms with Gasteiger partial charge in [-0.15, -0.1) is 11.8 Å². The van der Waals surface area contributed by atoms with Gasteiger partial charge in [-0.3, -0.25) is 5.32 Å². The summed E-state index contributed by atoms with van der Waals surface area (Å²) in [5.41, 5.74) is 4.91. The molecule has 0 aliphatic heterocycles. The highest BCUT2D eigenvalue weighted by molar-refractivity contribution is 9.10. The number of carboxylic acid groups (broad SMARTS) is 1. The molecule has 0 bridgehead atoms. The van der Waals surface area contributed by atoms with Crippen molar-refractivity contribution in [3.63, 3.8) is 0 Å². The van der Waals surface area contributed by atoms with Crippen molar-refractivity contribution < 1.29 is 19.4 Å². The van der Waals surface area contributed by atoms with Gasteiger partial charge < -0.3 is 9.84 Å². The van der Waals surface area contributed by atoms with Crippen molar-refractivity contribution in [1.82, 2.24) is 0 Å². The van der Waals surface area contributed by atoms with E-state index in [2.05, 4.69) is 61.4 Å². The van der Waals surface area contributed by atoms with Gasteiger partial charge in [0, 0.05) is 14.6 Å². The fourth-order valence-corrected chi connectivity index (χ4v) is 5.49. The Morgan fingerprint density at radius 1 is 0.968 bits per heavy atom. The molecule has 5 nitrogen and oxygen atoms in total. The minimum absolute atomic E-state index is 0.0256. The van der Waals surface area contributed by atoms with Gasteiger partial charge in [0.25, 0.3) is 0 Å². The van der Waals surface area contributed by atoms with Crippen molar-refractivity contribution in [2.24, 2.45) is 0 Å². The second kappa shape index (κ2) is 9.06. The van der Waals surface area contributed by atoms with E-state index in [-0.39, 0.29) is 10.8 Å². The van der Waals surface area contributed by atoms with Crippen LogP contribution >= 0.6 is 43.6 Å². The molecule has 1 amide bonds. The summed E-state index contributed by atoms with van der Waals surface area (Å²) in [6.07, 6.45) is -0.593. The first-order chi connectivity index (χ1) is 14.8. The summed E-state index contributed by atoms with van der Waals surface area (Å²) in [5, 5.41) is 11.6. The molecule has 3 aromatic carbocycles. The molecule has 0 heterocycles. The number of anilines is 1. The van der Waals surface area contributed by atoms with Gasteiger partial charge in [-0.05, 0) is 77.7 Å². The Hall–Kier alpha value is -2.29. The number of benzene rings is 3. The Bertz CT molecular complexity index is 1120. The smallest absolute Gasteiger partial charge is 0.412 e. The van der Waals surface area contributed by atoms with Crippen LogP contribution in [0, 0.1) is 0 Å². The number of carbonyl (C=O) groups is 2. The zero-order valence-corrected chi connectivity index (χ0v) is 20.3. The fraction of sp³-hybridized carbons (Fsp3) is 0.130. The van der Waals surface area contributed by atoms with Gasteiger partial charge in [0.05, 0.1) is 10.8 Å².